The minimum Gasteiger partial charge on any atom is -0.427 e. The van der Waals surface area contributed by atoms with E-state index in [1.165, 1.54) is 13.8 Å². The lowest BCUT2D eigenvalue weighted by atomic mass is 10.1. The molecule has 1 aromatic carbocycles. The van der Waals surface area contributed by atoms with Crippen molar-refractivity contribution < 1.29 is 29.0 Å². The number of amides is 3. The predicted molar refractivity (Wildman–Crippen MR) is 98.4 cm³/mol. The quantitative estimate of drug-likeness (QED) is 0.481. The summed E-state index contributed by atoms with van der Waals surface area (Å²) >= 11 is 0. The van der Waals surface area contributed by atoms with E-state index < -0.39 is 41.6 Å². The third-order valence-corrected chi connectivity index (χ3v) is 4.53. The van der Waals surface area contributed by atoms with Crippen molar-refractivity contribution in [3.05, 3.63) is 35.9 Å². The van der Waals surface area contributed by atoms with Gasteiger partial charge < -0.3 is 15.2 Å². The van der Waals surface area contributed by atoms with Crippen LogP contribution in [0.5, 0.6) is 0 Å². The van der Waals surface area contributed by atoms with Gasteiger partial charge in [-0.2, -0.15) is 0 Å². The summed E-state index contributed by atoms with van der Waals surface area (Å²) in [5.41, 5.74) is -1.44. The lowest BCUT2D eigenvalue weighted by molar-refractivity contribution is -0.197. The van der Waals surface area contributed by atoms with Crippen LogP contribution in [0.3, 0.4) is 0 Å². The van der Waals surface area contributed by atoms with Gasteiger partial charge in [-0.25, -0.2) is 9.69 Å². The Balaban J connectivity index is 2.31. The molecule has 2 rings (SSSR count). The molecule has 0 saturated carbocycles. The summed E-state index contributed by atoms with van der Waals surface area (Å²) < 4.78 is 5.17. The number of likely N-dealkylation sites (N-methyl/N-ethyl adjacent to an activating group) is 1. The third-order valence-electron chi connectivity index (χ3n) is 4.53. The van der Waals surface area contributed by atoms with Gasteiger partial charge in [-0.3, -0.25) is 19.3 Å². The van der Waals surface area contributed by atoms with E-state index in [4.69, 9.17) is 4.74 Å². The number of ether oxygens (including phenoxy) is 1. The number of imide groups is 1. The van der Waals surface area contributed by atoms with Gasteiger partial charge in [0, 0.05) is 13.5 Å². The average Bonchev–Trinajstić information content (AvgIpc) is 2.95. The molecular weight excluding hydrogens is 366 g/mol. The van der Waals surface area contributed by atoms with Crippen LogP contribution in [0.15, 0.2) is 30.3 Å². The number of rotatable bonds is 7. The molecule has 1 fully saturated rings. The van der Waals surface area contributed by atoms with Gasteiger partial charge in [-0.15, -0.1) is 0 Å². The Bertz CT molecular complexity index is 764. The summed E-state index contributed by atoms with van der Waals surface area (Å²) in [6.07, 6.45) is -1.67. The van der Waals surface area contributed by atoms with Crippen LogP contribution < -0.4 is 5.32 Å². The fraction of sp³-hybridized carbons (Fsp3) is 0.474. The van der Waals surface area contributed by atoms with Crippen LogP contribution in [0.1, 0.15) is 25.8 Å². The first-order valence-electron chi connectivity index (χ1n) is 8.84. The number of carbonyl (C=O) groups excluding carboxylic acids is 4. The molecule has 3 atom stereocenters. The molecule has 9 heteroatoms. The van der Waals surface area contributed by atoms with Crippen LogP contribution in [0.4, 0.5) is 0 Å². The highest BCUT2D eigenvalue weighted by atomic mass is 16.6. The van der Waals surface area contributed by atoms with Crippen molar-refractivity contribution in [3.8, 4) is 0 Å². The molecule has 0 spiro atoms. The SMILES string of the molecule is CC(O)C(=O)O[C@](C)(C(=O)NCc1ccccc1)N1C(=O)C[C@@H](N(C)C)C1=O. The van der Waals surface area contributed by atoms with Gasteiger partial charge in [-0.05, 0) is 26.6 Å². The first kappa shape index (κ1) is 21.5. The largest absolute Gasteiger partial charge is 0.427 e. The minimum atomic E-state index is -2.22. The first-order valence-corrected chi connectivity index (χ1v) is 8.84. The molecule has 0 bridgehead atoms. The Morgan fingerprint density at radius 2 is 1.93 bits per heavy atom. The smallest absolute Gasteiger partial charge is 0.337 e. The van der Waals surface area contributed by atoms with Crippen molar-refractivity contribution in [2.45, 2.75) is 44.7 Å². The summed E-state index contributed by atoms with van der Waals surface area (Å²) in [4.78, 5) is 52.4. The van der Waals surface area contributed by atoms with E-state index in [-0.39, 0.29) is 13.0 Å². The van der Waals surface area contributed by atoms with Crippen LogP contribution in [0, 0.1) is 0 Å². The molecule has 9 nitrogen and oxygen atoms in total. The summed E-state index contributed by atoms with van der Waals surface area (Å²) in [6.45, 7) is 2.44. The molecule has 1 unspecified atom stereocenters. The zero-order valence-electron chi connectivity index (χ0n) is 16.3. The number of carbonyl (C=O) groups is 4. The van der Waals surface area contributed by atoms with E-state index >= 15 is 0 Å². The van der Waals surface area contributed by atoms with E-state index in [0.717, 1.165) is 5.56 Å². The molecule has 3 amide bonds. The van der Waals surface area contributed by atoms with Gasteiger partial charge >= 0.3 is 5.97 Å². The molecule has 1 aliphatic rings. The van der Waals surface area contributed by atoms with Gasteiger partial charge in [-0.1, -0.05) is 30.3 Å². The molecule has 0 aliphatic carbocycles. The molecule has 0 aromatic heterocycles. The van der Waals surface area contributed by atoms with Crippen LogP contribution in [0.25, 0.3) is 0 Å². The normalized spacial score (nSPS) is 20.1. The minimum absolute atomic E-state index is 0.106. The molecule has 0 radical (unpaired) electrons. The molecule has 1 aromatic rings. The highest BCUT2D eigenvalue weighted by Crippen LogP contribution is 2.28. The molecule has 28 heavy (non-hydrogen) atoms. The molecule has 152 valence electrons. The van der Waals surface area contributed by atoms with Crippen molar-refractivity contribution in [2.24, 2.45) is 0 Å². The maximum Gasteiger partial charge on any atom is 0.337 e. The highest BCUT2D eigenvalue weighted by molar-refractivity contribution is 6.09. The second-order valence-electron chi connectivity index (χ2n) is 7.00. The number of hydrogen-bond acceptors (Lipinski definition) is 7. The van der Waals surface area contributed by atoms with Crippen molar-refractivity contribution in [2.75, 3.05) is 14.1 Å². The fourth-order valence-corrected chi connectivity index (χ4v) is 2.88. The van der Waals surface area contributed by atoms with Crippen LogP contribution in [0.2, 0.25) is 0 Å². The Morgan fingerprint density at radius 1 is 1.32 bits per heavy atom. The van der Waals surface area contributed by atoms with Crippen molar-refractivity contribution in [3.63, 3.8) is 0 Å². The second-order valence-corrected chi connectivity index (χ2v) is 7.00. The first-order chi connectivity index (χ1) is 13.1. The zero-order chi connectivity index (χ0) is 21.1. The number of aliphatic hydroxyl groups excluding tert-OH is 1. The molecule has 1 heterocycles. The van der Waals surface area contributed by atoms with Crippen LogP contribution in [-0.4, -0.2) is 70.6 Å². The zero-order valence-corrected chi connectivity index (χ0v) is 16.3. The average molecular weight is 391 g/mol. The number of nitrogens with zero attached hydrogens (tertiary/aromatic N) is 2. The van der Waals surface area contributed by atoms with Crippen LogP contribution in [-0.2, 0) is 30.5 Å². The summed E-state index contributed by atoms with van der Waals surface area (Å²) in [6, 6.07) is 8.22. The Kier molecular flexibility index (Phi) is 6.52. The summed E-state index contributed by atoms with van der Waals surface area (Å²) in [7, 11) is 3.27. The Hall–Kier alpha value is -2.78. The van der Waals surface area contributed by atoms with Gasteiger partial charge in [0.2, 0.25) is 5.91 Å². The lowest BCUT2D eigenvalue weighted by Crippen LogP contribution is -2.62. The predicted octanol–water partition coefficient (Wildman–Crippen LogP) is -0.368. The van der Waals surface area contributed by atoms with E-state index in [0.29, 0.717) is 4.90 Å². The van der Waals surface area contributed by atoms with Gasteiger partial charge in [0.15, 0.2) is 0 Å². The third kappa shape index (κ3) is 4.37. The van der Waals surface area contributed by atoms with E-state index in [1.807, 2.05) is 6.07 Å². The van der Waals surface area contributed by atoms with Crippen LogP contribution >= 0.6 is 0 Å². The molecule has 2 N–H and O–H groups in total. The van der Waals surface area contributed by atoms with E-state index in [1.54, 1.807) is 43.3 Å². The number of hydrogen-bond donors (Lipinski definition) is 2. The monoisotopic (exact) mass is 391 g/mol. The van der Waals surface area contributed by atoms with Gasteiger partial charge in [0.25, 0.3) is 17.5 Å². The molecule has 1 aliphatic heterocycles. The second kappa shape index (κ2) is 8.49. The standard InChI is InChI=1S/C19H25N3O6/c1-12(23)17(26)28-19(2,18(27)20-11-13-8-6-5-7-9-13)22-15(24)10-14(16(22)25)21(3)4/h5-9,12,14,23H,10-11H2,1-4H3,(H,20,27)/t12?,14-,19-/m1/s1. The number of esters is 1. The lowest BCUT2D eigenvalue weighted by Gasteiger charge is -2.35. The van der Waals surface area contributed by atoms with Crippen molar-refractivity contribution in [1.29, 1.82) is 0 Å². The topological polar surface area (TPSA) is 116 Å². The number of likely N-dealkylation sites (tertiary alicyclic amines) is 1. The number of benzene rings is 1. The van der Waals surface area contributed by atoms with Gasteiger partial charge in [0.1, 0.15) is 6.10 Å². The fourth-order valence-electron chi connectivity index (χ4n) is 2.88. The number of aliphatic hydroxyl groups is 1. The Morgan fingerprint density at radius 3 is 2.43 bits per heavy atom. The molecule has 1 saturated heterocycles. The Labute approximate surface area is 163 Å². The van der Waals surface area contributed by atoms with Gasteiger partial charge in [0.05, 0.1) is 12.5 Å². The van der Waals surface area contributed by atoms with Crippen molar-refractivity contribution >= 4 is 23.7 Å². The van der Waals surface area contributed by atoms with E-state index in [9.17, 15) is 24.3 Å². The maximum atomic E-state index is 12.9. The summed E-state index contributed by atoms with van der Waals surface area (Å²) in [5.74, 6) is -3.25. The highest BCUT2D eigenvalue weighted by Gasteiger charge is 2.55. The maximum absolute atomic E-state index is 12.9. The van der Waals surface area contributed by atoms with Crippen molar-refractivity contribution in [1.82, 2.24) is 15.1 Å². The summed E-state index contributed by atoms with van der Waals surface area (Å²) in [5, 5.41) is 12.1. The van der Waals surface area contributed by atoms with E-state index in [2.05, 4.69) is 5.32 Å². The molecular formula is C19H25N3O6. The number of nitrogens with one attached hydrogen (secondary N) is 1.